The van der Waals surface area contributed by atoms with Crippen LogP contribution in [0.25, 0.3) is 0 Å². The number of aromatic amines is 1. The average Bonchev–Trinajstić information content (AvgIpc) is 2.77. The Morgan fingerprint density at radius 1 is 1.60 bits per heavy atom. The van der Waals surface area contributed by atoms with Crippen LogP contribution < -0.4 is 11.1 Å². The van der Waals surface area contributed by atoms with Crippen LogP contribution in [0, 0.1) is 5.92 Å². The molecule has 82 valence electrons. The number of carbonyl (C=O) groups is 1. The van der Waals surface area contributed by atoms with Crippen LogP contribution in [0.15, 0.2) is 12.3 Å². The minimum absolute atomic E-state index is 0.0505. The molecule has 0 bridgehead atoms. The second kappa shape index (κ2) is 3.96. The molecule has 1 heterocycles. The van der Waals surface area contributed by atoms with Crippen LogP contribution in [0.1, 0.15) is 36.7 Å². The molecular weight excluding hydrogens is 190 g/mol. The third kappa shape index (κ3) is 2.14. The number of hydrogen-bond donors (Lipinski definition) is 3. The molecule has 4 nitrogen and oxygen atoms in total. The smallest absolute Gasteiger partial charge is 0.267 e. The molecule has 2 unspecified atom stereocenters. The van der Waals surface area contributed by atoms with Crippen LogP contribution in [-0.2, 0) is 0 Å². The van der Waals surface area contributed by atoms with E-state index >= 15 is 0 Å². The van der Waals surface area contributed by atoms with Crippen LogP contribution in [-0.4, -0.2) is 16.9 Å². The molecule has 15 heavy (non-hydrogen) atoms. The van der Waals surface area contributed by atoms with Crippen molar-refractivity contribution in [1.82, 2.24) is 10.3 Å². The molecule has 0 aromatic carbocycles. The maximum Gasteiger partial charge on any atom is 0.267 e. The van der Waals surface area contributed by atoms with Crippen molar-refractivity contribution < 1.29 is 4.79 Å². The number of rotatable bonds is 2. The molecule has 1 saturated carbocycles. The van der Waals surface area contributed by atoms with Gasteiger partial charge in [-0.15, -0.1) is 0 Å². The van der Waals surface area contributed by atoms with E-state index in [-0.39, 0.29) is 5.91 Å². The van der Waals surface area contributed by atoms with Gasteiger partial charge in [-0.25, -0.2) is 0 Å². The summed E-state index contributed by atoms with van der Waals surface area (Å²) in [4.78, 5) is 14.6. The van der Waals surface area contributed by atoms with Crippen molar-refractivity contribution in [2.75, 3.05) is 5.73 Å². The van der Waals surface area contributed by atoms with Crippen LogP contribution in [0.4, 0.5) is 5.69 Å². The van der Waals surface area contributed by atoms with E-state index in [0.717, 1.165) is 6.42 Å². The molecule has 4 N–H and O–H groups in total. The van der Waals surface area contributed by atoms with Gasteiger partial charge < -0.3 is 16.0 Å². The van der Waals surface area contributed by atoms with Crippen LogP contribution in [0.2, 0.25) is 0 Å². The molecule has 0 radical (unpaired) electrons. The fraction of sp³-hybridized carbons (Fsp3) is 0.545. The van der Waals surface area contributed by atoms with Crippen LogP contribution >= 0.6 is 0 Å². The number of nitrogens with two attached hydrogens (primary N) is 1. The minimum atomic E-state index is -0.0505. The van der Waals surface area contributed by atoms with Crippen molar-refractivity contribution in [3.8, 4) is 0 Å². The number of aromatic nitrogens is 1. The van der Waals surface area contributed by atoms with E-state index in [0.29, 0.717) is 23.3 Å². The first-order chi connectivity index (χ1) is 7.16. The second-order valence-electron chi connectivity index (χ2n) is 4.33. The van der Waals surface area contributed by atoms with E-state index in [1.165, 1.54) is 12.8 Å². The van der Waals surface area contributed by atoms with E-state index in [2.05, 4.69) is 17.2 Å². The lowest BCUT2D eigenvalue weighted by Crippen LogP contribution is -2.36. The zero-order chi connectivity index (χ0) is 10.8. The molecular formula is C11H17N3O. The van der Waals surface area contributed by atoms with Gasteiger partial charge in [0.05, 0.1) is 0 Å². The Kier molecular flexibility index (Phi) is 2.66. The van der Waals surface area contributed by atoms with Gasteiger partial charge in [0.15, 0.2) is 0 Å². The van der Waals surface area contributed by atoms with E-state index < -0.39 is 0 Å². The van der Waals surface area contributed by atoms with Gasteiger partial charge in [0.25, 0.3) is 5.91 Å². The summed E-state index contributed by atoms with van der Waals surface area (Å²) in [5.41, 5.74) is 6.69. The molecule has 0 saturated heterocycles. The van der Waals surface area contributed by atoms with Gasteiger partial charge in [0.2, 0.25) is 0 Å². The van der Waals surface area contributed by atoms with E-state index in [9.17, 15) is 4.79 Å². The molecule has 1 aromatic heterocycles. The summed E-state index contributed by atoms with van der Waals surface area (Å²) < 4.78 is 0. The SMILES string of the molecule is CC1CCCC1NC(=O)c1cc(N)c[nH]1. The van der Waals surface area contributed by atoms with Crippen molar-refractivity contribution >= 4 is 11.6 Å². The van der Waals surface area contributed by atoms with E-state index in [1.807, 2.05) is 0 Å². The normalized spacial score (nSPS) is 25.4. The topological polar surface area (TPSA) is 70.9 Å². The lowest BCUT2D eigenvalue weighted by Gasteiger charge is -2.16. The zero-order valence-corrected chi connectivity index (χ0v) is 8.92. The number of anilines is 1. The number of amides is 1. The van der Waals surface area contributed by atoms with Crippen molar-refractivity contribution in [2.24, 2.45) is 5.92 Å². The molecule has 0 spiro atoms. The summed E-state index contributed by atoms with van der Waals surface area (Å²) in [6.07, 6.45) is 5.13. The number of carbonyl (C=O) groups excluding carboxylic acids is 1. The van der Waals surface area contributed by atoms with Crippen molar-refractivity contribution in [2.45, 2.75) is 32.2 Å². The maximum atomic E-state index is 11.8. The van der Waals surface area contributed by atoms with Gasteiger partial charge in [0.1, 0.15) is 5.69 Å². The first kappa shape index (κ1) is 10.1. The largest absolute Gasteiger partial charge is 0.397 e. The molecule has 1 aliphatic rings. The lowest BCUT2D eigenvalue weighted by atomic mass is 10.1. The molecule has 0 aliphatic heterocycles. The summed E-state index contributed by atoms with van der Waals surface area (Å²) in [5.74, 6) is 0.534. The highest BCUT2D eigenvalue weighted by molar-refractivity contribution is 5.93. The quantitative estimate of drug-likeness (QED) is 0.688. The van der Waals surface area contributed by atoms with Crippen molar-refractivity contribution in [3.63, 3.8) is 0 Å². The van der Waals surface area contributed by atoms with E-state index in [1.54, 1.807) is 12.3 Å². The van der Waals surface area contributed by atoms with Gasteiger partial charge >= 0.3 is 0 Å². The van der Waals surface area contributed by atoms with Gasteiger partial charge in [0, 0.05) is 17.9 Å². The summed E-state index contributed by atoms with van der Waals surface area (Å²) in [6.45, 7) is 2.18. The Bertz CT molecular complexity index is 358. The third-order valence-corrected chi connectivity index (χ3v) is 3.13. The minimum Gasteiger partial charge on any atom is -0.397 e. The Morgan fingerprint density at radius 2 is 2.40 bits per heavy atom. The molecule has 2 rings (SSSR count). The summed E-state index contributed by atoms with van der Waals surface area (Å²) >= 11 is 0. The Labute approximate surface area is 89.2 Å². The predicted molar refractivity (Wildman–Crippen MR) is 59.5 cm³/mol. The first-order valence-corrected chi connectivity index (χ1v) is 5.41. The van der Waals surface area contributed by atoms with Gasteiger partial charge in [-0.1, -0.05) is 13.3 Å². The van der Waals surface area contributed by atoms with Gasteiger partial charge in [-0.05, 0) is 24.8 Å². The van der Waals surface area contributed by atoms with Gasteiger partial charge in [-0.3, -0.25) is 4.79 Å². The number of hydrogen-bond acceptors (Lipinski definition) is 2. The summed E-state index contributed by atoms with van der Waals surface area (Å²) in [7, 11) is 0. The van der Waals surface area contributed by atoms with Crippen LogP contribution in [0.3, 0.4) is 0 Å². The zero-order valence-electron chi connectivity index (χ0n) is 8.92. The first-order valence-electron chi connectivity index (χ1n) is 5.41. The second-order valence-corrected chi connectivity index (χ2v) is 4.33. The number of H-pyrrole nitrogens is 1. The van der Waals surface area contributed by atoms with Crippen molar-refractivity contribution in [3.05, 3.63) is 18.0 Å². The molecule has 4 heteroatoms. The highest BCUT2D eigenvalue weighted by Crippen LogP contribution is 2.25. The van der Waals surface area contributed by atoms with Crippen molar-refractivity contribution in [1.29, 1.82) is 0 Å². The highest BCUT2D eigenvalue weighted by atomic mass is 16.1. The maximum absolute atomic E-state index is 11.8. The molecule has 1 aromatic rings. The Hall–Kier alpha value is -1.45. The summed E-state index contributed by atoms with van der Waals surface area (Å²) in [6, 6.07) is 1.98. The highest BCUT2D eigenvalue weighted by Gasteiger charge is 2.25. The fourth-order valence-electron chi connectivity index (χ4n) is 2.15. The number of nitrogen functional groups attached to an aromatic ring is 1. The third-order valence-electron chi connectivity index (χ3n) is 3.13. The Balaban J connectivity index is 1.97. The molecule has 1 fully saturated rings. The van der Waals surface area contributed by atoms with E-state index in [4.69, 9.17) is 5.73 Å². The molecule has 1 aliphatic carbocycles. The predicted octanol–water partition coefficient (Wildman–Crippen LogP) is 1.52. The fourth-order valence-corrected chi connectivity index (χ4v) is 2.15. The standard InChI is InChI=1S/C11H17N3O/c1-7-3-2-4-9(7)14-11(15)10-5-8(12)6-13-10/h5-7,9,13H,2-4,12H2,1H3,(H,14,15). The Morgan fingerprint density at radius 3 is 2.93 bits per heavy atom. The van der Waals surface area contributed by atoms with Crippen LogP contribution in [0.5, 0.6) is 0 Å². The lowest BCUT2D eigenvalue weighted by molar-refractivity contribution is 0.0925. The average molecular weight is 207 g/mol. The summed E-state index contributed by atoms with van der Waals surface area (Å²) in [5, 5.41) is 3.03. The molecule has 1 amide bonds. The molecule has 2 atom stereocenters. The van der Waals surface area contributed by atoms with Gasteiger partial charge in [-0.2, -0.15) is 0 Å². The monoisotopic (exact) mass is 207 g/mol. The number of nitrogens with one attached hydrogen (secondary N) is 2.